The first-order valence-electron chi connectivity index (χ1n) is 16.4. The molecule has 4 aromatic rings. The molecule has 0 saturated carbocycles. The van der Waals surface area contributed by atoms with E-state index in [9.17, 15) is 14.7 Å². The van der Waals surface area contributed by atoms with Crippen LogP contribution in [0.2, 0.25) is 0 Å². The summed E-state index contributed by atoms with van der Waals surface area (Å²) in [5.74, 6) is 0.190. The van der Waals surface area contributed by atoms with Crippen LogP contribution in [0.3, 0.4) is 0 Å². The van der Waals surface area contributed by atoms with Crippen molar-refractivity contribution < 1.29 is 9.90 Å². The van der Waals surface area contributed by atoms with Gasteiger partial charge in [0.25, 0.3) is 11.5 Å². The molecule has 1 unspecified atom stereocenters. The number of hydrogen-bond donors (Lipinski definition) is 2. The minimum absolute atomic E-state index is 0.0391. The predicted octanol–water partition coefficient (Wildman–Crippen LogP) is 5.86. The van der Waals surface area contributed by atoms with Gasteiger partial charge < -0.3 is 15.3 Å². The van der Waals surface area contributed by atoms with Gasteiger partial charge in [-0.25, -0.2) is 4.98 Å². The SMILES string of the molecule is CCc1cccc(CC)c1-n1c(CC(C)C)c(C(=O)N2CCNCC2)cc(-c2nc(-c3ccc(C(O)N(C)C)cc3)c(C)s2)c1=O. The van der Waals surface area contributed by atoms with E-state index in [1.54, 1.807) is 4.90 Å². The Balaban J connectivity index is 1.76. The maximum absolute atomic E-state index is 14.9. The highest BCUT2D eigenvalue weighted by molar-refractivity contribution is 7.15. The van der Waals surface area contributed by atoms with Crippen LogP contribution in [0.15, 0.2) is 53.3 Å². The normalized spacial score (nSPS) is 14.3. The molecule has 1 saturated heterocycles. The van der Waals surface area contributed by atoms with E-state index in [0.717, 1.165) is 70.1 Å². The summed E-state index contributed by atoms with van der Waals surface area (Å²) in [7, 11) is 3.66. The fraction of sp³-hybridized carbons (Fsp3) is 0.432. The molecule has 0 spiro atoms. The molecular weight excluding hydrogens is 595 g/mol. The van der Waals surface area contributed by atoms with Crippen molar-refractivity contribution in [3.05, 3.63) is 91.7 Å². The van der Waals surface area contributed by atoms with Crippen molar-refractivity contribution in [2.24, 2.45) is 5.92 Å². The summed E-state index contributed by atoms with van der Waals surface area (Å²) in [6.07, 6.45) is 1.42. The average molecular weight is 642 g/mol. The number of aliphatic hydroxyl groups is 1. The zero-order chi connectivity index (χ0) is 33.1. The van der Waals surface area contributed by atoms with E-state index >= 15 is 0 Å². The van der Waals surface area contributed by atoms with Gasteiger partial charge in [-0.3, -0.25) is 19.1 Å². The van der Waals surface area contributed by atoms with Gasteiger partial charge in [0.2, 0.25) is 0 Å². The fourth-order valence-electron chi connectivity index (χ4n) is 6.25. The summed E-state index contributed by atoms with van der Waals surface area (Å²) in [5.41, 5.74) is 7.21. The quantitative estimate of drug-likeness (QED) is 0.211. The van der Waals surface area contributed by atoms with Gasteiger partial charge in [0.05, 0.1) is 22.5 Å². The second-order valence-corrected chi connectivity index (χ2v) is 13.9. The molecule has 1 atom stereocenters. The molecule has 1 fully saturated rings. The number of nitrogens with one attached hydrogen (secondary N) is 1. The van der Waals surface area contributed by atoms with E-state index in [4.69, 9.17) is 4.98 Å². The first-order chi connectivity index (χ1) is 22.0. The van der Waals surface area contributed by atoms with E-state index in [2.05, 4.69) is 51.2 Å². The van der Waals surface area contributed by atoms with E-state index < -0.39 is 6.23 Å². The van der Waals surface area contributed by atoms with Crippen molar-refractivity contribution >= 4 is 17.2 Å². The predicted molar refractivity (Wildman–Crippen MR) is 188 cm³/mol. The molecule has 1 amide bonds. The van der Waals surface area contributed by atoms with E-state index in [1.165, 1.54) is 11.3 Å². The van der Waals surface area contributed by atoms with Crippen molar-refractivity contribution in [1.82, 2.24) is 24.7 Å². The van der Waals surface area contributed by atoms with Gasteiger partial charge in [-0.15, -0.1) is 11.3 Å². The van der Waals surface area contributed by atoms with Crippen LogP contribution in [0.25, 0.3) is 27.5 Å². The largest absolute Gasteiger partial charge is 0.374 e. The second-order valence-electron chi connectivity index (χ2n) is 12.7. The van der Waals surface area contributed by atoms with Gasteiger partial charge in [-0.05, 0) is 69.0 Å². The number of piperazine rings is 1. The van der Waals surface area contributed by atoms with Gasteiger partial charge in [-0.2, -0.15) is 0 Å². The highest BCUT2D eigenvalue weighted by Gasteiger charge is 2.29. The van der Waals surface area contributed by atoms with Crippen molar-refractivity contribution in [3.8, 4) is 27.5 Å². The summed E-state index contributed by atoms with van der Waals surface area (Å²) >= 11 is 1.47. The number of amides is 1. The lowest BCUT2D eigenvalue weighted by molar-refractivity contribution is 0.0395. The lowest BCUT2D eigenvalue weighted by atomic mass is 9.97. The number of pyridine rings is 1. The lowest BCUT2D eigenvalue weighted by Gasteiger charge is -2.30. The topological polar surface area (TPSA) is 90.7 Å². The molecular formula is C37H47N5O3S. The number of aliphatic hydroxyl groups excluding tert-OH is 1. The number of rotatable bonds is 10. The molecule has 2 aromatic carbocycles. The van der Waals surface area contributed by atoms with Gasteiger partial charge in [-0.1, -0.05) is 70.2 Å². The Hall–Kier alpha value is -3.63. The van der Waals surface area contributed by atoms with Crippen LogP contribution in [-0.4, -0.2) is 70.6 Å². The van der Waals surface area contributed by atoms with E-state index in [-0.39, 0.29) is 17.4 Å². The van der Waals surface area contributed by atoms with Crippen LogP contribution < -0.4 is 10.9 Å². The van der Waals surface area contributed by atoms with Crippen LogP contribution >= 0.6 is 11.3 Å². The summed E-state index contributed by atoms with van der Waals surface area (Å²) in [5, 5.41) is 14.4. The monoisotopic (exact) mass is 641 g/mol. The number of aryl methyl sites for hydroxylation is 3. The Morgan fingerprint density at radius 2 is 1.67 bits per heavy atom. The van der Waals surface area contributed by atoms with Crippen molar-refractivity contribution in [1.29, 1.82) is 0 Å². The summed E-state index contributed by atoms with van der Waals surface area (Å²) in [4.78, 5) is 38.9. The molecule has 2 aromatic heterocycles. The highest BCUT2D eigenvalue weighted by Crippen LogP contribution is 2.35. The number of para-hydroxylation sites is 1. The van der Waals surface area contributed by atoms with Gasteiger partial charge in [0.1, 0.15) is 11.2 Å². The minimum Gasteiger partial charge on any atom is -0.374 e. The van der Waals surface area contributed by atoms with Crippen LogP contribution in [-0.2, 0) is 19.3 Å². The Morgan fingerprint density at radius 3 is 2.24 bits per heavy atom. The molecule has 3 heterocycles. The van der Waals surface area contributed by atoms with Crippen molar-refractivity contribution in [3.63, 3.8) is 0 Å². The molecule has 1 aliphatic rings. The molecule has 8 nitrogen and oxygen atoms in total. The number of carbonyl (C=O) groups excluding carboxylic acids is 1. The van der Waals surface area contributed by atoms with Gasteiger partial charge in [0, 0.05) is 42.3 Å². The fourth-order valence-corrected chi connectivity index (χ4v) is 7.19. The number of thiazole rings is 1. The molecule has 0 aliphatic carbocycles. The zero-order valence-electron chi connectivity index (χ0n) is 28.2. The maximum Gasteiger partial charge on any atom is 0.265 e. The third kappa shape index (κ3) is 6.74. The van der Waals surface area contributed by atoms with Gasteiger partial charge >= 0.3 is 0 Å². The van der Waals surface area contributed by atoms with E-state index in [0.29, 0.717) is 35.6 Å². The summed E-state index contributed by atoms with van der Waals surface area (Å²) in [6.45, 7) is 13.2. The number of benzene rings is 2. The average Bonchev–Trinajstić information content (AvgIpc) is 3.45. The second kappa shape index (κ2) is 14.4. The number of hydrogen-bond acceptors (Lipinski definition) is 7. The molecule has 0 radical (unpaired) electrons. The Kier molecular flexibility index (Phi) is 10.6. The van der Waals surface area contributed by atoms with Crippen molar-refractivity contribution in [2.75, 3.05) is 40.3 Å². The van der Waals surface area contributed by atoms with Crippen LogP contribution in [0.1, 0.15) is 71.5 Å². The Morgan fingerprint density at radius 1 is 1.04 bits per heavy atom. The molecule has 1 aliphatic heterocycles. The molecule has 0 bridgehead atoms. The Bertz CT molecular complexity index is 1730. The highest BCUT2D eigenvalue weighted by atomic mass is 32.1. The van der Waals surface area contributed by atoms with Crippen LogP contribution in [0.4, 0.5) is 0 Å². The lowest BCUT2D eigenvalue weighted by Crippen LogP contribution is -2.47. The molecule has 9 heteroatoms. The summed E-state index contributed by atoms with van der Waals surface area (Å²) < 4.78 is 1.86. The molecule has 46 heavy (non-hydrogen) atoms. The Labute approximate surface area is 276 Å². The first-order valence-corrected chi connectivity index (χ1v) is 17.2. The van der Waals surface area contributed by atoms with Gasteiger partial charge in [0.15, 0.2) is 0 Å². The number of aromatic nitrogens is 2. The molecule has 2 N–H and O–H groups in total. The first kappa shape index (κ1) is 33.7. The molecule has 244 valence electrons. The molecule has 5 rings (SSSR count). The third-order valence-corrected chi connectivity index (χ3v) is 9.73. The van der Waals surface area contributed by atoms with Crippen LogP contribution in [0, 0.1) is 12.8 Å². The van der Waals surface area contributed by atoms with Crippen LogP contribution in [0.5, 0.6) is 0 Å². The smallest absolute Gasteiger partial charge is 0.265 e. The number of nitrogens with zero attached hydrogens (tertiary/aromatic N) is 4. The van der Waals surface area contributed by atoms with Crippen molar-refractivity contribution in [2.45, 2.75) is 60.1 Å². The third-order valence-electron chi connectivity index (χ3n) is 8.73. The number of carbonyl (C=O) groups is 1. The van der Waals surface area contributed by atoms with E-state index in [1.807, 2.05) is 60.8 Å². The zero-order valence-corrected chi connectivity index (χ0v) is 29.0. The maximum atomic E-state index is 14.9. The minimum atomic E-state index is -0.699. The summed E-state index contributed by atoms with van der Waals surface area (Å²) in [6, 6.07) is 15.8. The standard InChI is InChI=1S/C37H47N5O3S/c1-8-25-11-10-12-26(9-2)33(25)42-31(21-23(3)4)29(36(44)41-19-17-38-18-20-41)22-30(37(42)45)34-39-32(24(5)46-34)27-13-15-28(16-14-27)35(43)40(6)7/h10-16,22-23,35,38,43H,8-9,17-21H2,1-7H3.